The van der Waals surface area contributed by atoms with Crippen molar-refractivity contribution < 1.29 is 20.8 Å². The van der Waals surface area contributed by atoms with Gasteiger partial charge in [0.05, 0.1) is 8.07 Å². The molecule has 2 saturated carbocycles. The van der Waals surface area contributed by atoms with Crippen LogP contribution in [0.1, 0.15) is 27.7 Å². The van der Waals surface area contributed by atoms with Crippen LogP contribution in [0.4, 0.5) is 0 Å². The molecule has 0 bridgehead atoms. The zero-order chi connectivity index (χ0) is 20.6. The van der Waals surface area contributed by atoms with Crippen LogP contribution in [0.15, 0.2) is 48.6 Å². The Labute approximate surface area is 207 Å². The third kappa shape index (κ3) is 4.93. The van der Waals surface area contributed by atoms with Crippen LogP contribution in [0.5, 0.6) is 0 Å². The van der Waals surface area contributed by atoms with E-state index in [0.29, 0.717) is 0 Å². The maximum absolute atomic E-state index is 4.93. The Morgan fingerprint density at radius 3 is 1.20 bits per heavy atom. The van der Waals surface area contributed by atoms with Gasteiger partial charge in [-0.25, -0.2) is 0 Å². The van der Waals surface area contributed by atoms with Crippen molar-refractivity contribution in [3.05, 3.63) is 63.5 Å². The number of hydrogen-bond donors (Lipinski definition) is 0. The van der Waals surface area contributed by atoms with Gasteiger partial charge in [-0.3, -0.25) is 0 Å². The second-order valence-corrected chi connectivity index (χ2v) is 18.9. The topological polar surface area (TPSA) is 0 Å². The Hall–Kier alpha value is 0.640. The molecule has 4 rings (SSSR count). The number of hydrogen-bond acceptors (Lipinski definition) is 0. The Morgan fingerprint density at radius 2 is 0.867 bits per heavy atom. The van der Waals surface area contributed by atoms with Crippen molar-refractivity contribution in [1.29, 1.82) is 0 Å². The summed E-state index contributed by atoms with van der Waals surface area (Å²) in [7, 11) is 8.43. The van der Waals surface area contributed by atoms with Crippen LogP contribution in [0.3, 0.4) is 0 Å². The fourth-order valence-electron chi connectivity index (χ4n) is 7.69. The van der Waals surface area contributed by atoms with Gasteiger partial charge in [0.25, 0.3) is 0 Å². The maximum atomic E-state index is 4.93. The normalized spacial score (nSPS) is 42.8. The molecule has 2 fully saturated rings. The van der Waals surface area contributed by atoms with Crippen LogP contribution in [0.25, 0.3) is 0 Å². The monoisotopic (exact) mass is 542 g/mol. The van der Waals surface area contributed by atoms with E-state index in [0.717, 1.165) is 58.4 Å². The van der Waals surface area contributed by atoms with E-state index < -0.39 is 28.9 Å². The summed E-state index contributed by atoms with van der Waals surface area (Å²) in [6, 6.07) is 0. The summed E-state index contributed by atoms with van der Waals surface area (Å²) in [5.41, 5.74) is 1.85. The van der Waals surface area contributed by atoms with E-state index in [9.17, 15) is 0 Å². The van der Waals surface area contributed by atoms with Crippen LogP contribution in [-0.2, 0) is 20.8 Å². The average molecular weight is 545 g/mol. The van der Waals surface area contributed by atoms with E-state index in [4.69, 9.17) is 17.0 Å². The Morgan fingerprint density at radius 1 is 0.567 bits per heavy atom. The zero-order valence-electron chi connectivity index (χ0n) is 20.1. The molecule has 4 aliphatic carbocycles. The first-order valence-electron chi connectivity index (χ1n) is 10.9. The van der Waals surface area contributed by atoms with Crippen molar-refractivity contribution in [3.8, 4) is 0 Å². The molecule has 0 radical (unpaired) electrons. The number of rotatable bonds is 2. The molecule has 4 aliphatic rings. The molecule has 0 heterocycles. The quantitative estimate of drug-likeness (QED) is 0.240. The molecule has 30 heavy (non-hydrogen) atoms. The molecule has 0 aromatic heterocycles. The van der Waals surface area contributed by atoms with Gasteiger partial charge < -0.3 is 14.9 Å². The Kier molecular flexibility index (Phi) is 11.2. The number of halogens is 2. The first kappa shape index (κ1) is 28.7. The fraction of sp³-hybridized carbons (Fsp3) is 0.615. The molecule has 0 nitrogen and oxygen atoms in total. The molecule has 0 aliphatic heterocycles. The molecule has 0 N–H and O–H groups in total. The van der Waals surface area contributed by atoms with Gasteiger partial charge in [0, 0.05) is 0 Å². The van der Waals surface area contributed by atoms with E-state index in [1.165, 1.54) is 0 Å². The van der Waals surface area contributed by atoms with E-state index in [1.807, 2.05) is 0 Å². The van der Waals surface area contributed by atoms with Crippen LogP contribution < -0.4 is 0 Å². The van der Waals surface area contributed by atoms with E-state index >= 15 is 0 Å². The van der Waals surface area contributed by atoms with Crippen molar-refractivity contribution in [2.24, 2.45) is 47.3 Å². The van der Waals surface area contributed by atoms with Crippen LogP contribution in [-0.4, -0.2) is 8.07 Å². The second kappa shape index (κ2) is 11.7. The summed E-state index contributed by atoms with van der Waals surface area (Å²) in [6.45, 7) is 15.7. The van der Waals surface area contributed by atoms with Gasteiger partial charge in [0.2, 0.25) is 0 Å². The standard InChI is InChI=1S/C24H36Si.2CH3.2ClH.Zr/c1-15-16(2)18(4)23(17(15)3)25(5,6)24-21-13-9-7-11-19(21)20-12-8-10-14-22(20)24;;;;;/h7-24H,1-6H3;2*1H3;2*1H;/q;2*-1;;;+4/p-2. The summed E-state index contributed by atoms with van der Waals surface area (Å²) >= 11 is -0.826. The molecule has 0 aromatic carbocycles. The van der Waals surface area contributed by atoms with Gasteiger partial charge in [-0.1, -0.05) is 89.4 Å². The summed E-state index contributed by atoms with van der Waals surface area (Å²) in [5.74, 6) is 6.52. The van der Waals surface area contributed by atoms with Gasteiger partial charge in [-0.05, 0) is 58.4 Å². The van der Waals surface area contributed by atoms with Crippen LogP contribution in [0.2, 0.25) is 24.2 Å². The summed E-state index contributed by atoms with van der Waals surface area (Å²) in [6.07, 6.45) is 19.4. The third-order valence-corrected chi connectivity index (χ3v) is 14.3. The Bertz CT molecular complexity index is 620. The molecule has 168 valence electrons. The molecule has 0 spiro atoms. The molecule has 4 heteroatoms. The third-order valence-electron chi connectivity index (χ3n) is 9.06. The van der Waals surface area contributed by atoms with Crippen molar-refractivity contribution in [2.45, 2.75) is 51.9 Å². The minimum absolute atomic E-state index is 0. The summed E-state index contributed by atoms with van der Waals surface area (Å²) in [5, 5.41) is 0. The van der Waals surface area contributed by atoms with Gasteiger partial charge >= 0.3 is 37.9 Å². The minimum atomic E-state index is -1.43. The van der Waals surface area contributed by atoms with Gasteiger partial charge in [0.15, 0.2) is 0 Å². The number of allylic oxidation sites excluding steroid dienone is 8. The van der Waals surface area contributed by atoms with Crippen LogP contribution in [0, 0.1) is 62.2 Å². The van der Waals surface area contributed by atoms with E-state index in [2.05, 4.69) is 89.4 Å². The predicted molar refractivity (Wildman–Crippen MR) is 137 cm³/mol. The predicted octanol–water partition coefficient (Wildman–Crippen LogP) is 9.00. The number of fused-ring (bicyclic) bond motifs is 3. The van der Waals surface area contributed by atoms with Gasteiger partial charge in [0.1, 0.15) is 0 Å². The van der Waals surface area contributed by atoms with Crippen molar-refractivity contribution >= 4 is 25.1 Å². The molecule has 0 amide bonds. The molecular weight excluding hydrogens is 503 g/mol. The Balaban J connectivity index is 0.000000851. The van der Waals surface area contributed by atoms with E-state index in [1.54, 1.807) is 0 Å². The van der Waals surface area contributed by atoms with Gasteiger partial charge in [-0.2, -0.15) is 0 Å². The first-order chi connectivity index (χ1) is 13.3. The first-order valence-corrected chi connectivity index (χ1v) is 20.4. The molecule has 0 saturated heterocycles. The SMILES string of the molecule is CC1C(C)C(C)C([Si](C)(C)C2C3C=CC=CC3C3C=CC=CC32)C1C.[CH3-].[CH3-].[Cl][Zr+2][Cl]. The van der Waals surface area contributed by atoms with Gasteiger partial charge in [-0.15, -0.1) is 0 Å². The molecule has 8 unspecified atom stereocenters. The summed E-state index contributed by atoms with van der Waals surface area (Å²) in [4.78, 5) is 0. The molecular formula is C26H42Cl2SiZr. The fourth-order valence-corrected chi connectivity index (χ4v) is 14.1. The average Bonchev–Trinajstić information content (AvgIpc) is 3.11. The van der Waals surface area contributed by atoms with Crippen molar-refractivity contribution in [1.82, 2.24) is 0 Å². The van der Waals surface area contributed by atoms with E-state index in [-0.39, 0.29) is 14.9 Å². The molecule has 0 aromatic rings. The zero-order valence-corrected chi connectivity index (χ0v) is 25.1. The summed E-state index contributed by atoms with van der Waals surface area (Å²) < 4.78 is 0. The van der Waals surface area contributed by atoms with Crippen molar-refractivity contribution in [3.63, 3.8) is 0 Å². The van der Waals surface area contributed by atoms with Crippen molar-refractivity contribution in [2.75, 3.05) is 0 Å². The van der Waals surface area contributed by atoms with Crippen LogP contribution >= 0.6 is 17.0 Å². The molecule has 8 atom stereocenters. The second-order valence-electron chi connectivity index (χ2n) is 10.2.